The summed E-state index contributed by atoms with van der Waals surface area (Å²) < 4.78 is 7.33. The number of carbonyl (C=O) groups is 3. The van der Waals surface area contributed by atoms with Crippen LogP contribution in [0.4, 0.5) is 5.82 Å². The molecule has 3 aliphatic rings. The number of ether oxygens (including phenoxy) is 1. The topological polar surface area (TPSA) is 118 Å². The Morgan fingerprint density at radius 2 is 1.93 bits per heavy atom. The number of aryl methyl sites for hydroxylation is 2. The molecule has 2 aromatic rings. The summed E-state index contributed by atoms with van der Waals surface area (Å²) >= 11 is 0. The van der Waals surface area contributed by atoms with Gasteiger partial charge in [0.15, 0.2) is 5.82 Å². The summed E-state index contributed by atoms with van der Waals surface area (Å²) in [7, 11) is 1.85. The number of nitrogens with one attached hydrogen (secondary N) is 3. The zero-order chi connectivity index (χ0) is 28.8. The third kappa shape index (κ3) is 7.23. The van der Waals surface area contributed by atoms with E-state index >= 15 is 0 Å². The van der Waals surface area contributed by atoms with Gasteiger partial charge in [0.05, 0.1) is 12.0 Å². The molecule has 0 unspecified atom stereocenters. The van der Waals surface area contributed by atoms with Crippen LogP contribution >= 0.6 is 0 Å². The summed E-state index contributed by atoms with van der Waals surface area (Å²) in [6.45, 7) is 4.68. The molecule has 5 rings (SSSR count). The molecule has 0 bridgehead atoms. The molecule has 2 saturated heterocycles. The molecule has 3 atom stereocenters. The van der Waals surface area contributed by atoms with Crippen LogP contribution in [0, 0.1) is 18.3 Å². The highest BCUT2D eigenvalue weighted by atomic mass is 16.5. The average molecular weight is 563 g/mol. The van der Waals surface area contributed by atoms with Crippen molar-refractivity contribution in [3.05, 3.63) is 59.8 Å². The second-order valence-electron chi connectivity index (χ2n) is 11.8. The minimum atomic E-state index is -0.667. The van der Waals surface area contributed by atoms with Crippen molar-refractivity contribution in [2.24, 2.45) is 18.4 Å². The monoisotopic (exact) mass is 562 g/mol. The van der Waals surface area contributed by atoms with Crippen LogP contribution < -0.4 is 16.0 Å². The lowest BCUT2D eigenvalue weighted by Crippen LogP contribution is -2.58. The van der Waals surface area contributed by atoms with E-state index in [1.807, 2.05) is 50.4 Å². The van der Waals surface area contributed by atoms with Gasteiger partial charge in [-0.2, -0.15) is 5.10 Å². The van der Waals surface area contributed by atoms with Gasteiger partial charge in [0.1, 0.15) is 6.04 Å². The number of rotatable bonds is 5. The summed E-state index contributed by atoms with van der Waals surface area (Å²) in [5.41, 5.74) is 1.39. The van der Waals surface area contributed by atoms with Gasteiger partial charge in [-0.25, -0.2) is 0 Å². The fourth-order valence-electron chi connectivity index (χ4n) is 6.21. The van der Waals surface area contributed by atoms with E-state index in [9.17, 15) is 14.4 Å². The third-order valence-electron chi connectivity index (χ3n) is 8.84. The van der Waals surface area contributed by atoms with Gasteiger partial charge in [-0.15, -0.1) is 0 Å². The zero-order valence-electron chi connectivity index (χ0n) is 24.1. The molecule has 10 heteroatoms. The first kappa shape index (κ1) is 29.0. The van der Waals surface area contributed by atoms with Crippen molar-refractivity contribution >= 4 is 23.5 Å². The Balaban J connectivity index is 1.31. The molecular weight excluding hydrogens is 520 g/mol. The third-order valence-corrected chi connectivity index (χ3v) is 8.84. The van der Waals surface area contributed by atoms with Gasteiger partial charge in [-0.3, -0.25) is 24.0 Å². The van der Waals surface area contributed by atoms with E-state index in [1.54, 1.807) is 4.68 Å². The molecule has 3 amide bonds. The van der Waals surface area contributed by atoms with Crippen molar-refractivity contribution in [3.63, 3.8) is 0 Å². The largest absolute Gasteiger partial charge is 0.381 e. The molecule has 0 radical (unpaired) electrons. The first-order chi connectivity index (χ1) is 19.8. The van der Waals surface area contributed by atoms with Crippen LogP contribution in [-0.2, 0) is 32.6 Å². The van der Waals surface area contributed by atoms with Crippen LogP contribution in [0.5, 0.6) is 0 Å². The van der Waals surface area contributed by atoms with Gasteiger partial charge in [0.2, 0.25) is 17.7 Å². The maximum absolute atomic E-state index is 13.7. The van der Waals surface area contributed by atoms with Crippen molar-refractivity contribution in [2.75, 3.05) is 38.2 Å². The summed E-state index contributed by atoms with van der Waals surface area (Å²) in [6.07, 6.45) is 8.09. The number of fused-ring (bicyclic) bond motifs is 1. The second-order valence-corrected chi connectivity index (χ2v) is 11.8. The molecular formula is C31H42N6O4. The fraction of sp³-hybridized carbons (Fsp3) is 0.548. The first-order valence-corrected chi connectivity index (χ1v) is 14.7. The van der Waals surface area contributed by atoms with Crippen molar-refractivity contribution in [3.8, 4) is 0 Å². The predicted octanol–water partition coefficient (Wildman–Crippen LogP) is 2.35. The van der Waals surface area contributed by atoms with Crippen LogP contribution in [0.2, 0.25) is 0 Å². The van der Waals surface area contributed by atoms with Crippen LogP contribution in [0.15, 0.2) is 48.6 Å². The Kier molecular flexibility index (Phi) is 9.19. The lowest BCUT2D eigenvalue weighted by molar-refractivity contribution is -0.140. The minimum Gasteiger partial charge on any atom is -0.381 e. The molecule has 0 saturated carbocycles. The Morgan fingerprint density at radius 3 is 2.66 bits per heavy atom. The summed E-state index contributed by atoms with van der Waals surface area (Å²) in [4.78, 5) is 42.4. The number of allylic oxidation sites excluding steroid dienone is 2. The number of nitrogens with zero attached hydrogens (tertiary/aromatic N) is 3. The zero-order valence-corrected chi connectivity index (χ0v) is 24.1. The van der Waals surface area contributed by atoms with E-state index < -0.39 is 11.5 Å². The molecule has 220 valence electrons. The summed E-state index contributed by atoms with van der Waals surface area (Å²) in [6, 6.07) is 11.0. The van der Waals surface area contributed by atoms with E-state index in [1.165, 1.54) is 0 Å². The minimum absolute atomic E-state index is 0.0449. The van der Waals surface area contributed by atoms with Crippen molar-refractivity contribution in [1.29, 1.82) is 0 Å². The van der Waals surface area contributed by atoms with E-state index in [0.717, 1.165) is 24.1 Å². The highest BCUT2D eigenvalue weighted by molar-refractivity contribution is 5.92. The number of likely N-dealkylation sites (tertiary alicyclic amines) is 1. The number of aromatic nitrogens is 2. The van der Waals surface area contributed by atoms with Gasteiger partial charge in [0.25, 0.3) is 0 Å². The van der Waals surface area contributed by atoms with Crippen LogP contribution in [-0.4, -0.2) is 77.3 Å². The Labute approximate surface area is 241 Å². The van der Waals surface area contributed by atoms with Gasteiger partial charge in [-0.05, 0) is 50.5 Å². The molecule has 1 aromatic heterocycles. The van der Waals surface area contributed by atoms with Crippen molar-refractivity contribution < 1.29 is 19.1 Å². The molecule has 2 fully saturated rings. The quantitative estimate of drug-likeness (QED) is 0.482. The number of hydrogen-bond donors (Lipinski definition) is 3. The van der Waals surface area contributed by atoms with E-state index in [-0.39, 0.29) is 36.2 Å². The Bertz CT molecular complexity index is 1230. The summed E-state index contributed by atoms with van der Waals surface area (Å²) in [5, 5.41) is 13.7. The maximum atomic E-state index is 13.7. The highest BCUT2D eigenvalue weighted by Gasteiger charge is 2.41. The second kappa shape index (κ2) is 13.0. The molecule has 4 heterocycles. The van der Waals surface area contributed by atoms with Crippen LogP contribution in [0.25, 0.3) is 0 Å². The number of amides is 3. The van der Waals surface area contributed by atoms with Gasteiger partial charge in [-0.1, -0.05) is 42.5 Å². The molecule has 3 N–H and O–H groups in total. The molecule has 10 nitrogen and oxygen atoms in total. The normalized spacial score (nSPS) is 25.4. The number of piperidine rings is 1. The van der Waals surface area contributed by atoms with Gasteiger partial charge < -0.3 is 20.7 Å². The standard InChI is InChI=1S/C31H42N6O4/c1-22-18-27(35-36(22)2)34-28(38)21-37-15-11-25-24(20-37)10-6-7-12-31(13-16-41-17-14-31)30(40)33-26(29(39)32-25)19-23-8-4-3-5-9-23/h3-9,18,24-26H,10-17,19-21H2,1-2H3,(H,32,39)(H,33,40)(H,34,35,38)/t24-,25+,26-/m1/s1. The lowest BCUT2D eigenvalue weighted by atomic mass is 9.75. The van der Waals surface area contributed by atoms with Crippen LogP contribution in [0.3, 0.4) is 0 Å². The Morgan fingerprint density at radius 1 is 1.15 bits per heavy atom. The van der Waals surface area contributed by atoms with Gasteiger partial charge in [0, 0.05) is 57.6 Å². The van der Waals surface area contributed by atoms with Crippen molar-refractivity contribution in [1.82, 2.24) is 25.3 Å². The molecule has 1 spiro atoms. The van der Waals surface area contributed by atoms with E-state index in [0.29, 0.717) is 57.8 Å². The number of anilines is 1. The Hall–Kier alpha value is -3.50. The van der Waals surface area contributed by atoms with Crippen LogP contribution in [0.1, 0.15) is 43.4 Å². The van der Waals surface area contributed by atoms with Gasteiger partial charge >= 0.3 is 0 Å². The molecule has 1 aromatic carbocycles. The first-order valence-electron chi connectivity index (χ1n) is 14.7. The molecule has 41 heavy (non-hydrogen) atoms. The smallest absolute Gasteiger partial charge is 0.243 e. The lowest BCUT2D eigenvalue weighted by Gasteiger charge is -2.40. The highest BCUT2D eigenvalue weighted by Crippen LogP contribution is 2.36. The van der Waals surface area contributed by atoms with E-state index in [2.05, 4.69) is 38.1 Å². The summed E-state index contributed by atoms with van der Waals surface area (Å²) in [5.74, 6) is 0.385. The maximum Gasteiger partial charge on any atom is 0.243 e. The number of benzene rings is 1. The SMILES string of the molecule is Cc1cc(NC(=O)CN2CC[C@@H]3NC(=O)[C@@H](Cc4ccccc4)NC(=O)C4(CC=CC[C@@H]3C2)CCOCC4)nn1C. The predicted molar refractivity (Wildman–Crippen MR) is 156 cm³/mol. The molecule has 3 aliphatic heterocycles. The average Bonchev–Trinajstić information content (AvgIpc) is 3.28. The van der Waals surface area contributed by atoms with E-state index in [4.69, 9.17) is 4.74 Å². The number of carbonyl (C=O) groups excluding carboxylic acids is 3. The van der Waals surface area contributed by atoms with Crippen molar-refractivity contribution in [2.45, 2.75) is 57.5 Å². The molecule has 0 aliphatic carbocycles. The number of hydrogen-bond acceptors (Lipinski definition) is 6. The fourth-order valence-corrected chi connectivity index (χ4v) is 6.21.